The van der Waals surface area contributed by atoms with E-state index in [9.17, 15) is 20.0 Å². The number of nitro groups is 1. The molecular weight excluding hydrogens is 336 g/mol. The monoisotopic (exact) mass is 358 g/mol. The van der Waals surface area contributed by atoms with E-state index in [1.54, 1.807) is 17.8 Å². The summed E-state index contributed by atoms with van der Waals surface area (Å²) in [5.41, 5.74) is -0.532. The lowest BCUT2D eigenvalue weighted by Gasteiger charge is -2.32. The van der Waals surface area contributed by atoms with Crippen LogP contribution in [0.5, 0.6) is 0 Å². The molecule has 0 amide bonds. The molecule has 3 rings (SSSR count). The van der Waals surface area contributed by atoms with Crippen molar-refractivity contribution in [1.29, 1.82) is 0 Å². The molecule has 0 bridgehead atoms. The van der Waals surface area contributed by atoms with Crippen molar-refractivity contribution in [2.24, 2.45) is 7.05 Å². The smallest absolute Gasteiger partial charge is 0.293 e. The summed E-state index contributed by atoms with van der Waals surface area (Å²) in [6.45, 7) is 0.250. The van der Waals surface area contributed by atoms with Crippen molar-refractivity contribution < 1.29 is 14.8 Å². The Hall–Kier alpha value is -2.74. The number of rotatable bonds is 6. The van der Waals surface area contributed by atoms with Crippen molar-refractivity contribution in [2.45, 2.75) is 37.7 Å². The van der Waals surface area contributed by atoms with E-state index in [-0.39, 0.29) is 29.4 Å². The van der Waals surface area contributed by atoms with Gasteiger partial charge >= 0.3 is 0 Å². The van der Waals surface area contributed by atoms with Gasteiger partial charge in [-0.05, 0) is 25.0 Å². The first kappa shape index (κ1) is 18.1. The third-order valence-electron chi connectivity index (χ3n) is 4.87. The standard InChI is InChI=1S/C18H22N4O4/c1-21-10-9-19-17(21)16(23)13-5-6-14(15(11-13)22(25)26)20-12-18(24)7-3-2-4-8-18/h5-6,9-11,20,24H,2-4,7-8,12H2,1H3. The molecule has 0 unspecified atom stereocenters. The van der Waals surface area contributed by atoms with E-state index < -0.39 is 10.5 Å². The van der Waals surface area contributed by atoms with E-state index in [0.717, 1.165) is 19.3 Å². The number of aryl methyl sites for hydroxylation is 1. The van der Waals surface area contributed by atoms with Gasteiger partial charge in [0.15, 0.2) is 5.82 Å². The second kappa shape index (κ2) is 7.25. The normalized spacial score (nSPS) is 16.2. The molecule has 8 heteroatoms. The minimum Gasteiger partial charge on any atom is -0.388 e. The number of carbonyl (C=O) groups excluding carboxylic acids is 1. The molecule has 0 spiro atoms. The largest absolute Gasteiger partial charge is 0.388 e. The van der Waals surface area contributed by atoms with E-state index in [0.29, 0.717) is 18.5 Å². The van der Waals surface area contributed by atoms with Gasteiger partial charge in [-0.2, -0.15) is 0 Å². The highest BCUT2D eigenvalue weighted by atomic mass is 16.6. The second-order valence-electron chi connectivity index (χ2n) is 6.82. The lowest BCUT2D eigenvalue weighted by Crippen LogP contribution is -2.38. The summed E-state index contributed by atoms with van der Waals surface area (Å²) in [4.78, 5) is 27.4. The van der Waals surface area contributed by atoms with Crippen LogP contribution in [0.2, 0.25) is 0 Å². The topological polar surface area (TPSA) is 110 Å². The molecular formula is C18H22N4O4. The van der Waals surface area contributed by atoms with Gasteiger partial charge in [0.2, 0.25) is 5.78 Å². The Morgan fingerprint density at radius 1 is 1.38 bits per heavy atom. The number of nitro benzene ring substituents is 1. The van der Waals surface area contributed by atoms with E-state index in [1.807, 2.05) is 0 Å². The number of benzene rings is 1. The summed E-state index contributed by atoms with van der Waals surface area (Å²) in [6, 6.07) is 4.31. The number of anilines is 1. The van der Waals surface area contributed by atoms with Crippen LogP contribution in [0, 0.1) is 10.1 Å². The maximum atomic E-state index is 12.5. The molecule has 1 aromatic carbocycles. The quantitative estimate of drug-likeness (QED) is 0.467. The van der Waals surface area contributed by atoms with Crippen LogP contribution in [0.15, 0.2) is 30.6 Å². The Labute approximate surface area is 151 Å². The summed E-state index contributed by atoms with van der Waals surface area (Å²) < 4.78 is 1.57. The molecule has 1 saturated carbocycles. The molecule has 1 aromatic heterocycles. The van der Waals surface area contributed by atoms with Crippen molar-refractivity contribution in [3.63, 3.8) is 0 Å². The molecule has 2 aromatic rings. The molecule has 1 aliphatic carbocycles. The molecule has 0 saturated heterocycles. The van der Waals surface area contributed by atoms with Crippen LogP contribution in [-0.2, 0) is 7.05 Å². The average Bonchev–Trinajstić information content (AvgIpc) is 3.06. The predicted molar refractivity (Wildman–Crippen MR) is 96.3 cm³/mol. The molecule has 2 N–H and O–H groups in total. The zero-order chi connectivity index (χ0) is 18.7. The van der Waals surface area contributed by atoms with Crippen molar-refractivity contribution in [3.05, 3.63) is 52.1 Å². The van der Waals surface area contributed by atoms with E-state index >= 15 is 0 Å². The molecule has 26 heavy (non-hydrogen) atoms. The lowest BCUT2D eigenvalue weighted by atomic mass is 9.85. The summed E-state index contributed by atoms with van der Waals surface area (Å²) in [5.74, 6) is -0.158. The maximum Gasteiger partial charge on any atom is 0.293 e. The van der Waals surface area contributed by atoms with Gasteiger partial charge in [-0.1, -0.05) is 19.3 Å². The fraction of sp³-hybridized carbons (Fsp3) is 0.444. The molecule has 8 nitrogen and oxygen atoms in total. The van der Waals surface area contributed by atoms with Crippen LogP contribution in [-0.4, -0.2) is 37.5 Å². The number of imidazole rings is 1. The zero-order valence-corrected chi connectivity index (χ0v) is 14.6. The van der Waals surface area contributed by atoms with Crippen LogP contribution in [0.1, 0.15) is 48.3 Å². The minimum absolute atomic E-state index is 0.190. The van der Waals surface area contributed by atoms with Crippen LogP contribution in [0.25, 0.3) is 0 Å². The SMILES string of the molecule is Cn1ccnc1C(=O)c1ccc(NCC2(O)CCCCC2)c([N+](=O)[O-])c1. The highest BCUT2D eigenvalue weighted by Crippen LogP contribution is 2.31. The number of aliphatic hydroxyl groups is 1. The Kier molecular flexibility index (Phi) is 5.03. The number of carbonyl (C=O) groups is 1. The molecule has 0 radical (unpaired) electrons. The molecule has 1 aliphatic rings. The number of hydrogen-bond acceptors (Lipinski definition) is 6. The molecule has 138 valence electrons. The highest BCUT2D eigenvalue weighted by molar-refractivity contribution is 6.07. The number of hydrogen-bond donors (Lipinski definition) is 2. The predicted octanol–water partition coefficient (Wildman–Crippen LogP) is 2.67. The summed E-state index contributed by atoms with van der Waals surface area (Å²) in [6.07, 6.45) is 7.53. The van der Waals surface area contributed by atoms with Gasteiger partial charge < -0.3 is 15.0 Å². The van der Waals surface area contributed by atoms with Crippen LogP contribution in [0.3, 0.4) is 0 Å². The Morgan fingerprint density at radius 3 is 2.73 bits per heavy atom. The zero-order valence-electron chi connectivity index (χ0n) is 14.6. The van der Waals surface area contributed by atoms with Gasteiger partial charge in [0.05, 0.1) is 10.5 Å². The molecule has 0 aliphatic heterocycles. The fourth-order valence-electron chi connectivity index (χ4n) is 3.33. The first-order valence-corrected chi connectivity index (χ1v) is 8.66. The lowest BCUT2D eigenvalue weighted by molar-refractivity contribution is -0.384. The third kappa shape index (κ3) is 3.75. The van der Waals surface area contributed by atoms with Crippen LogP contribution in [0.4, 0.5) is 11.4 Å². The van der Waals surface area contributed by atoms with Gasteiger partial charge in [0.25, 0.3) is 5.69 Å². The molecule has 1 heterocycles. The van der Waals surface area contributed by atoms with Crippen LogP contribution >= 0.6 is 0 Å². The first-order valence-electron chi connectivity index (χ1n) is 8.66. The fourth-order valence-corrected chi connectivity index (χ4v) is 3.33. The Bertz CT molecular complexity index is 824. The summed E-state index contributed by atoms with van der Waals surface area (Å²) in [7, 11) is 1.69. The maximum absolute atomic E-state index is 12.5. The van der Waals surface area contributed by atoms with Crippen molar-refractivity contribution in [3.8, 4) is 0 Å². The van der Waals surface area contributed by atoms with Gasteiger partial charge in [0, 0.05) is 37.6 Å². The van der Waals surface area contributed by atoms with Gasteiger partial charge in [-0.15, -0.1) is 0 Å². The average molecular weight is 358 g/mol. The van der Waals surface area contributed by atoms with Crippen molar-refractivity contribution in [2.75, 3.05) is 11.9 Å². The van der Waals surface area contributed by atoms with Gasteiger partial charge in [-0.25, -0.2) is 4.98 Å². The van der Waals surface area contributed by atoms with E-state index in [4.69, 9.17) is 0 Å². The van der Waals surface area contributed by atoms with Crippen molar-refractivity contribution in [1.82, 2.24) is 9.55 Å². The van der Waals surface area contributed by atoms with Crippen molar-refractivity contribution >= 4 is 17.2 Å². The minimum atomic E-state index is -0.840. The highest BCUT2D eigenvalue weighted by Gasteiger charge is 2.30. The summed E-state index contributed by atoms with van der Waals surface area (Å²) in [5, 5.41) is 25.0. The summed E-state index contributed by atoms with van der Waals surface area (Å²) >= 11 is 0. The van der Waals surface area contributed by atoms with E-state index in [2.05, 4.69) is 10.3 Å². The Morgan fingerprint density at radius 2 is 2.12 bits per heavy atom. The number of ketones is 1. The number of nitrogens with zero attached hydrogens (tertiary/aromatic N) is 3. The third-order valence-corrected chi connectivity index (χ3v) is 4.87. The van der Waals surface area contributed by atoms with E-state index in [1.165, 1.54) is 24.4 Å². The van der Waals surface area contributed by atoms with Gasteiger partial charge in [0.1, 0.15) is 5.69 Å². The van der Waals surface area contributed by atoms with Gasteiger partial charge in [-0.3, -0.25) is 14.9 Å². The Balaban J connectivity index is 1.82. The molecule has 1 fully saturated rings. The molecule has 0 atom stereocenters. The number of aromatic nitrogens is 2. The van der Waals surface area contributed by atoms with Crippen LogP contribution < -0.4 is 5.32 Å². The second-order valence-corrected chi connectivity index (χ2v) is 6.82. The number of nitrogens with one attached hydrogen (secondary N) is 1. The first-order chi connectivity index (χ1) is 12.4.